The summed E-state index contributed by atoms with van der Waals surface area (Å²) in [6.07, 6.45) is 4.11. The minimum atomic E-state index is -0.715. The van der Waals surface area contributed by atoms with Crippen molar-refractivity contribution in [3.63, 3.8) is 0 Å². The molecular weight excluding hydrogens is 695 g/mol. The lowest BCUT2D eigenvalue weighted by molar-refractivity contribution is -0.155. The van der Waals surface area contributed by atoms with E-state index in [2.05, 4.69) is 36.4 Å². The van der Waals surface area contributed by atoms with Gasteiger partial charge in [0.2, 0.25) is 5.91 Å². The quantitative estimate of drug-likeness (QED) is 0.103. The van der Waals surface area contributed by atoms with Gasteiger partial charge >= 0.3 is 12.1 Å². The minimum absolute atomic E-state index is 0.0632. The van der Waals surface area contributed by atoms with Crippen molar-refractivity contribution in [1.82, 2.24) is 35.7 Å². The van der Waals surface area contributed by atoms with E-state index >= 15 is 0 Å². The molecule has 5 rings (SSSR count). The van der Waals surface area contributed by atoms with E-state index < -0.39 is 23.7 Å². The van der Waals surface area contributed by atoms with Gasteiger partial charge in [-0.2, -0.15) is 9.78 Å². The van der Waals surface area contributed by atoms with Crippen LogP contribution in [0.5, 0.6) is 0 Å². The van der Waals surface area contributed by atoms with E-state index in [-0.39, 0.29) is 24.1 Å². The van der Waals surface area contributed by atoms with Gasteiger partial charge in [0.05, 0.1) is 23.8 Å². The van der Waals surface area contributed by atoms with Crippen molar-refractivity contribution in [1.29, 1.82) is 0 Å². The fraction of sp³-hybridized carbons (Fsp3) is 0.222. The summed E-state index contributed by atoms with van der Waals surface area (Å²) in [5.41, 5.74) is 3.82. The Morgan fingerprint density at radius 3 is 2.43 bits per heavy atom. The number of rotatable bonds is 12. The molecule has 0 aliphatic rings. The average Bonchev–Trinajstić information content (AvgIpc) is 3.62. The van der Waals surface area contributed by atoms with Crippen LogP contribution in [0.1, 0.15) is 50.1 Å². The highest BCUT2D eigenvalue weighted by molar-refractivity contribution is 6.32. The van der Waals surface area contributed by atoms with Gasteiger partial charge in [-0.3, -0.25) is 14.9 Å². The molecule has 262 valence electrons. The van der Waals surface area contributed by atoms with E-state index in [0.29, 0.717) is 45.2 Å². The molecule has 2 heterocycles. The van der Waals surface area contributed by atoms with E-state index in [4.69, 9.17) is 32.7 Å². The predicted octanol–water partition coefficient (Wildman–Crippen LogP) is 6.82. The van der Waals surface area contributed by atoms with Gasteiger partial charge in [-0.25, -0.2) is 4.79 Å². The summed E-state index contributed by atoms with van der Waals surface area (Å²) in [6.45, 7) is 5.16. The highest BCUT2D eigenvalue weighted by Crippen LogP contribution is 2.30. The van der Waals surface area contributed by atoms with Gasteiger partial charge in [-0.1, -0.05) is 65.7 Å². The van der Waals surface area contributed by atoms with Crippen LogP contribution in [-0.2, 0) is 25.5 Å². The number of nitrogens with one attached hydrogen (secondary N) is 2. The molecule has 0 saturated heterocycles. The molecule has 51 heavy (non-hydrogen) atoms. The number of halogens is 2. The van der Waals surface area contributed by atoms with E-state index in [1.807, 2.05) is 30.3 Å². The first kappa shape index (κ1) is 36.6. The molecule has 0 unspecified atom stereocenters. The fourth-order valence-corrected chi connectivity index (χ4v) is 5.26. The molecule has 13 nitrogen and oxygen atoms in total. The number of esters is 1. The van der Waals surface area contributed by atoms with Crippen LogP contribution in [0.2, 0.25) is 10.2 Å². The number of nitrogens with zero attached hydrogens (tertiary/aromatic N) is 6. The first-order valence-electron chi connectivity index (χ1n) is 15.8. The van der Waals surface area contributed by atoms with Crippen LogP contribution in [0.3, 0.4) is 0 Å². The summed E-state index contributed by atoms with van der Waals surface area (Å²) >= 11 is 12.8. The van der Waals surface area contributed by atoms with Crippen molar-refractivity contribution in [3.8, 4) is 16.8 Å². The summed E-state index contributed by atoms with van der Waals surface area (Å²) in [5.74, 6) is -0.845. The lowest BCUT2D eigenvalue weighted by Crippen LogP contribution is -2.29. The number of aromatic nitrogens is 6. The van der Waals surface area contributed by atoms with E-state index in [1.165, 1.54) is 17.1 Å². The highest BCUT2D eigenvalue weighted by atomic mass is 35.5. The molecule has 1 atom stereocenters. The summed E-state index contributed by atoms with van der Waals surface area (Å²) in [5, 5.41) is 26.1. The smallest absolute Gasteiger partial charge is 0.411 e. The number of carbonyl (C=O) groups is 3. The Bertz CT molecular complexity index is 2000. The number of ether oxygens (including phenoxy) is 2. The van der Waals surface area contributed by atoms with E-state index in [0.717, 1.165) is 5.56 Å². The van der Waals surface area contributed by atoms with Gasteiger partial charge in [0.15, 0.2) is 5.15 Å². The first-order chi connectivity index (χ1) is 24.4. The van der Waals surface area contributed by atoms with Gasteiger partial charge in [0.1, 0.15) is 18.5 Å². The van der Waals surface area contributed by atoms with Crippen LogP contribution in [0.4, 0.5) is 10.5 Å². The summed E-state index contributed by atoms with van der Waals surface area (Å²) in [4.78, 5) is 37.5. The van der Waals surface area contributed by atoms with E-state index in [1.54, 1.807) is 75.4 Å². The van der Waals surface area contributed by atoms with Gasteiger partial charge in [0.25, 0.3) is 0 Å². The second-order valence-electron chi connectivity index (χ2n) is 12.2. The van der Waals surface area contributed by atoms with Crippen LogP contribution in [-0.4, -0.2) is 60.6 Å². The Labute approximate surface area is 304 Å². The first-order valence-corrected chi connectivity index (χ1v) is 16.5. The molecule has 0 saturated carbocycles. The Hall–Kier alpha value is -5.66. The fourth-order valence-electron chi connectivity index (χ4n) is 4.87. The van der Waals surface area contributed by atoms with Crippen LogP contribution in [0.25, 0.3) is 22.9 Å². The molecule has 0 radical (unpaired) electrons. The van der Waals surface area contributed by atoms with Crippen molar-refractivity contribution in [2.24, 2.45) is 0 Å². The molecule has 0 aliphatic carbocycles. The summed E-state index contributed by atoms with van der Waals surface area (Å²) in [6, 6.07) is 22.9. The number of hydrogen-bond acceptors (Lipinski definition) is 10. The molecule has 2 aromatic heterocycles. The van der Waals surface area contributed by atoms with Crippen LogP contribution in [0.15, 0.2) is 91.3 Å². The van der Waals surface area contributed by atoms with Crippen LogP contribution >= 0.6 is 23.2 Å². The Balaban J connectivity index is 1.30. The standard InChI is InChI=1S/C36H34Cl2N8O5/c1-36(2,3)51-33(48)17-18-50-35(49)40-27-13-9-24(10-14-27)28-21-30(42-43-34(28)38)29(19-23-7-5-4-6-8-23)41-32(47)16-11-25-20-26(37)12-15-31(25)46-22-39-44-45-46/h4-16,20-22,29H,17-19H2,1-3H3,(H,40,49)(H,41,47)/t29-/m0/s1. The van der Waals surface area contributed by atoms with Gasteiger partial charge in [-0.05, 0) is 91.2 Å². The molecule has 5 aromatic rings. The van der Waals surface area contributed by atoms with Crippen molar-refractivity contribution >= 4 is 52.9 Å². The van der Waals surface area contributed by atoms with Gasteiger partial charge in [0, 0.05) is 27.9 Å². The number of benzene rings is 3. The lowest BCUT2D eigenvalue weighted by atomic mass is 10.00. The Morgan fingerprint density at radius 2 is 1.73 bits per heavy atom. The van der Waals surface area contributed by atoms with Gasteiger partial charge in [-0.15, -0.1) is 10.2 Å². The zero-order valence-electron chi connectivity index (χ0n) is 27.9. The van der Waals surface area contributed by atoms with Crippen LogP contribution < -0.4 is 10.6 Å². The zero-order chi connectivity index (χ0) is 36.4. The Kier molecular flexibility index (Phi) is 12.1. The lowest BCUT2D eigenvalue weighted by Gasteiger charge is -2.19. The molecular formula is C36H34Cl2N8O5. The Morgan fingerprint density at radius 1 is 0.961 bits per heavy atom. The minimum Gasteiger partial charge on any atom is -0.460 e. The number of hydrogen-bond donors (Lipinski definition) is 2. The third-order valence-corrected chi connectivity index (χ3v) is 7.64. The maximum absolute atomic E-state index is 13.4. The van der Waals surface area contributed by atoms with Gasteiger partial charge < -0.3 is 14.8 Å². The highest BCUT2D eigenvalue weighted by Gasteiger charge is 2.20. The summed E-state index contributed by atoms with van der Waals surface area (Å²) < 4.78 is 11.8. The summed E-state index contributed by atoms with van der Waals surface area (Å²) in [7, 11) is 0. The molecule has 0 fully saturated rings. The van der Waals surface area contributed by atoms with E-state index in [9.17, 15) is 14.4 Å². The number of anilines is 1. The predicted molar refractivity (Wildman–Crippen MR) is 192 cm³/mol. The molecule has 0 aliphatic heterocycles. The van der Waals surface area contributed by atoms with Crippen LogP contribution in [0, 0.1) is 0 Å². The van der Waals surface area contributed by atoms with Crippen molar-refractivity contribution in [2.45, 2.75) is 45.3 Å². The second kappa shape index (κ2) is 16.8. The maximum atomic E-state index is 13.4. The average molecular weight is 730 g/mol. The molecule has 0 spiro atoms. The number of tetrazole rings is 1. The van der Waals surface area contributed by atoms with Crippen molar-refractivity contribution < 1.29 is 23.9 Å². The maximum Gasteiger partial charge on any atom is 0.411 e. The third-order valence-electron chi connectivity index (χ3n) is 7.13. The molecule has 0 bridgehead atoms. The SMILES string of the molecule is CC(C)(C)OC(=O)CCOC(=O)Nc1ccc(-c2cc([C@H](Cc3ccccc3)NC(=O)C=Cc3cc(Cl)ccc3-n3cnnn3)nnc2Cl)cc1. The normalized spacial score (nSPS) is 11.9. The van der Waals surface area contributed by atoms with Crippen molar-refractivity contribution in [2.75, 3.05) is 11.9 Å². The zero-order valence-corrected chi connectivity index (χ0v) is 29.4. The second-order valence-corrected chi connectivity index (χ2v) is 13.0. The number of carbonyl (C=O) groups excluding carboxylic acids is 3. The molecule has 2 amide bonds. The molecule has 15 heteroatoms. The number of amides is 2. The molecule has 3 aromatic carbocycles. The molecule has 2 N–H and O–H groups in total. The topological polar surface area (TPSA) is 163 Å². The third kappa shape index (κ3) is 10.9. The largest absolute Gasteiger partial charge is 0.460 e. The van der Waals surface area contributed by atoms with Crippen molar-refractivity contribution in [3.05, 3.63) is 118 Å². The monoisotopic (exact) mass is 728 g/mol.